The van der Waals surface area contributed by atoms with Crippen LogP contribution in [0.2, 0.25) is 0 Å². The van der Waals surface area contributed by atoms with Gasteiger partial charge in [-0.2, -0.15) is 0 Å². The number of ether oxygens (including phenoxy) is 1. The maximum atomic E-state index is 12.6. The highest BCUT2D eigenvalue weighted by Gasteiger charge is 2.09. The second-order valence-electron chi connectivity index (χ2n) is 8.66. The van der Waals surface area contributed by atoms with E-state index >= 15 is 0 Å². The lowest BCUT2D eigenvalue weighted by molar-refractivity contribution is 0.101. The van der Waals surface area contributed by atoms with Crippen molar-refractivity contribution in [2.45, 2.75) is 27.7 Å². The summed E-state index contributed by atoms with van der Waals surface area (Å²) in [5, 5.41) is 5.82. The van der Waals surface area contributed by atoms with Gasteiger partial charge in [0.25, 0.3) is 11.8 Å². The van der Waals surface area contributed by atoms with Gasteiger partial charge < -0.3 is 15.4 Å². The zero-order valence-electron chi connectivity index (χ0n) is 20.3. The van der Waals surface area contributed by atoms with Crippen LogP contribution in [-0.2, 0) is 0 Å². The van der Waals surface area contributed by atoms with E-state index in [0.717, 1.165) is 22.4 Å². The molecule has 0 bridgehead atoms. The molecule has 0 aliphatic rings. The van der Waals surface area contributed by atoms with E-state index in [0.29, 0.717) is 28.3 Å². The standard InChI is InChI=1S/C30H28N2O3/c1-19-5-7-24(17-21(19)3)30(34)31-25-11-15-28(16-12-25)35-27-13-8-23(9-14-27)29(33)32-26-10-6-20(2)22(4)18-26/h5-18H,1-4H3,(H,31,34)(H,32,33). The van der Waals surface area contributed by atoms with E-state index < -0.39 is 0 Å². The van der Waals surface area contributed by atoms with Crippen molar-refractivity contribution in [1.82, 2.24) is 0 Å². The molecule has 0 saturated carbocycles. The molecule has 4 rings (SSSR count). The number of carbonyl (C=O) groups excluding carboxylic acids is 2. The highest BCUT2D eigenvalue weighted by molar-refractivity contribution is 6.05. The average Bonchev–Trinajstić information content (AvgIpc) is 2.85. The molecule has 5 nitrogen and oxygen atoms in total. The number of rotatable bonds is 6. The Hall–Kier alpha value is -4.38. The Morgan fingerprint density at radius 1 is 0.514 bits per heavy atom. The smallest absolute Gasteiger partial charge is 0.255 e. The van der Waals surface area contributed by atoms with Gasteiger partial charge in [-0.05, 0) is 123 Å². The lowest BCUT2D eigenvalue weighted by Gasteiger charge is -2.10. The molecule has 2 N–H and O–H groups in total. The summed E-state index contributed by atoms with van der Waals surface area (Å²) in [7, 11) is 0. The van der Waals surface area contributed by atoms with Gasteiger partial charge in [-0.3, -0.25) is 9.59 Å². The van der Waals surface area contributed by atoms with Crippen LogP contribution in [0.15, 0.2) is 84.9 Å². The normalized spacial score (nSPS) is 10.5. The van der Waals surface area contributed by atoms with Crippen LogP contribution in [-0.4, -0.2) is 11.8 Å². The number of amides is 2. The van der Waals surface area contributed by atoms with Gasteiger partial charge in [-0.1, -0.05) is 12.1 Å². The van der Waals surface area contributed by atoms with Crippen LogP contribution in [0.3, 0.4) is 0 Å². The van der Waals surface area contributed by atoms with Gasteiger partial charge in [0.15, 0.2) is 0 Å². The molecule has 2 amide bonds. The van der Waals surface area contributed by atoms with Gasteiger partial charge in [0.2, 0.25) is 0 Å². The van der Waals surface area contributed by atoms with E-state index in [1.165, 1.54) is 5.56 Å². The lowest BCUT2D eigenvalue weighted by Crippen LogP contribution is -2.12. The molecule has 0 aliphatic carbocycles. The Kier molecular flexibility index (Phi) is 6.97. The summed E-state index contributed by atoms with van der Waals surface area (Å²) in [6, 6.07) is 25.6. The molecule has 35 heavy (non-hydrogen) atoms. The third-order valence-electron chi connectivity index (χ3n) is 6.00. The third kappa shape index (κ3) is 5.95. The van der Waals surface area contributed by atoms with Crippen LogP contribution in [0.25, 0.3) is 0 Å². The Morgan fingerprint density at radius 3 is 1.57 bits per heavy atom. The number of carbonyl (C=O) groups is 2. The molecule has 0 fully saturated rings. The average molecular weight is 465 g/mol. The molecule has 0 unspecified atom stereocenters. The molecule has 176 valence electrons. The monoisotopic (exact) mass is 464 g/mol. The number of nitrogens with one attached hydrogen (secondary N) is 2. The van der Waals surface area contributed by atoms with Gasteiger partial charge in [-0.25, -0.2) is 0 Å². The largest absolute Gasteiger partial charge is 0.457 e. The highest BCUT2D eigenvalue weighted by atomic mass is 16.5. The summed E-state index contributed by atoms with van der Waals surface area (Å²) >= 11 is 0. The molecule has 4 aromatic rings. The van der Waals surface area contributed by atoms with E-state index in [-0.39, 0.29) is 11.8 Å². The van der Waals surface area contributed by atoms with Gasteiger partial charge in [0.1, 0.15) is 11.5 Å². The van der Waals surface area contributed by atoms with Crippen molar-refractivity contribution >= 4 is 23.2 Å². The number of anilines is 2. The number of benzene rings is 4. The predicted octanol–water partition coefficient (Wildman–Crippen LogP) is 7.22. The number of hydrogen-bond donors (Lipinski definition) is 2. The minimum Gasteiger partial charge on any atom is -0.457 e. The van der Waals surface area contributed by atoms with Gasteiger partial charge >= 0.3 is 0 Å². The van der Waals surface area contributed by atoms with E-state index in [1.807, 2.05) is 64.1 Å². The molecule has 4 aromatic carbocycles. The summed E-state index contributed by atoms with van der Waals surface area (Å²) in [5.41, 5.74) is 7.15. The van der Waals surface area contributed by atoms with Gasteiger partial charge in [0.05, 0.1) is 0 Å². The van der Waals surface area contributed by atoms with Crippen molar-refractivity contribution < 1.29 is 14.3 Å². The SMILES string of the molecule is Cc1ccc(NC(=O)c2ccc(Oc3ccc(NC(=O)c4ccc(C)c(C)c4)cc3)cc2)cc1C. The first-order chi connectivity index (χ1) is 16.8. The minimum absolute atomic E-state index is 0.156. The zero-order chi connectivity index (χ0) is 24.9. The fraction of sp³-hybridized carbons (Fsp3) is 0.133. The van der Waals surface area contributed by atoms with Gasteiger partial charge in [-0.15, -0.1) is 0 Å². The van der Waals surface area contributed by atoms with Crippen molar-refractivity contribution in [3.63, 3.8) is 0 Å². The van der Waals surface area contributed by atoms with Crippen LogP contribution >= 0.6 is 0 Å². The van der Waals surface area contributed by atoms with Crippen molar-refractivity contribution in [3.8, 4) is 11.5 Å². The summed E-state index contributed by atoms with van der Waals surface area (Å²) in [6.45, 7) is 8.06. The van der Waals surface area contributed by atoms with Crippen LogP contribution < -0.4 is 15.4 Å². The maximum Gasteiger partial charge on any atom is 0.255 e. The Bertz CT molecular complexity index is 1370. The third-order valence-corrected chi connectivity index (χ3v) is 6.00. The first-order valence-electron chi connectivity index (χ1n) is 11.4. The fourth-order valence-electron chi connectivity index (χ4n) is 3.53. The second-order valence-corrected chi connectivity index (χ2v) is 8.66. The zero-order valence-corrected chi connectivity index (χ0v) is 20.3. The number of aryl methyl sites for hydroxylation is 4. The van der Waals surface area contributed by atoms with Crippen LogP contribution in [0, 0.1) is 27.7 Å². The fourth-order valence-corrected chi connectivity index (χ4v) is 3.53. The molecular formula is C30H28N2O3. The van der Waals surface area contributed by atoms with Crippen LogP contribution in [0.4, 0.5) is 11.4 Å². The molecule has 0 aliphatic heterocycles. The molecule has 0 saturated heterocycles. The maximum absolute atomic E-state index is 12.6. The minimum atomic E-state index is -0.177. The van der Waals surface area contributed by atoms with Crippen molar-refractivity contribution in [2.24, 2.45) is 0 Å². The van der Waals surface area contributed by atoms with Crippen LogP contribution in [0.1, 0.15) is 43.0 Å². The second kappa shape index (κ2) is 10.3. The van der Waals surface area contributed by atoms with E-state index in [1.54, 1.807) is 48.5 Å². The Balaban J connectivity index is 1.35. The molecule has 0 radical (unpaired) electrons. The summed E-state index contributed by atoms with van der Waals surface area (Å²) in [4.78, 5) is 25.1. The summed E-state index contributed by atoms with van der Waals surface area (Å²) < 4.78 is 5.89. The molecule has 0 spiro atoms. The molecule has 0 atom stereocenters. The molecule has 5 heteroatoms. The number of hydrogen-bond acceptors (Lipinski definition) is 3. The van der Waals surface area contributed by atoms with E-state index in [9.17, 15) is 9.59 Å². The molecule has 0 aromatic heterocycles. The van der Waals surface area contributed by atoms with E-state index in [2.05, 4.69) is 10.6 Å². The molecule has 0 heterocycles. The quantitative estimate of drug-likeness (QED) is 0.317. The van der Waals surface area contributed by atoms with Crippen molar-refractivity contribution in [2.75, 3.05) is 10.6 Å². The summed E-state index contributed by atoms with van der Waals surface area (Å²) in [5.74, 6) is 0.904. The topological polar surface area (TPSA) is 67.4 Å². The molecular weight excluding hydrogens is 436 g/mol. The van der Waals surface area contributed by atoms with E-state index in [4.69, 9.17) is 4.74 Å². The summed E-state index contributed by atoms with van der Waals surface area (Å²) in [6.07, 6.45) is 0. The first-order valence-corrected chi connectivity index (χ1v) is 11.4. The lowest BCUT2D eigenvalue weighted by atomic mass is 10.1. The van der Waals surface area contributed by atoms with Crippen LogP contribution in [0.5, 0.6) is 11.5 Å². The Labute approximate surface area is 205 Å². The first kappa shape index (κ1) is 23.8. The highest BCUT2D eigenvalue weighted by Crippen LogP contribution is 2.24. The van der Waals surface area contributed by atoms with Crippen molar-refractivity contribution in [3.05, 3.63) is 118 Å². The Morgan fingerprint density at radius 2 is 0.971 bits per heavy atom. The van der Waals surface area contributed by atoms with Crippen molar-refractivity contribution in [1.29, 1.82) is 0 Å². The van der Waals surface area contributed by atoms with Gasteiger partial charge in [0, 0.05) is 22.5 Å². The predicted molar refractivity (Wildman–Crippen MR) is 141 cm³/mol.